The Morgan fingerprint density at radius 1 is 1.31 bits per heavy atom. The maximum absolute atomic E-state index is 5.59. The van der Waals surface area contributed by atoms with Gasteiger partial charge in [-0.1, -0.05) is 0 Å². The van der Waals surface area contributed by atoms with Gasteiger partial charge in [0, 0.05) is 24.0 Å². The van der Waals surface area contributed by atoms with Gasteiger partial charge < -0.3 is 16.4 Å². The van der Waals surface area contributed by atoms with E-state index < -0.39 is 0 Å². The zero-order valence-corrected chi connectivity index (χ0v) is 7.59. The van der Waals surface area contributed by atoms with Crippen LogP contribution in [0.2, 0.25) is 0 Å². The fourth-order valence-corrected chi connectivity index (χ4v) is 1.59. The zero-order valence-electron chi connectivity index (χ0n) is 7.59. The zero-order chi connectivity index (χ0) is 9.10. The summed E-state index contributed by atoms with van der Waals surface area (Å²) in [5.41, 5.74) is 7.57. The SMILES string of the molecule is Nc1ccc(NC2CCNC2)cc1. The van der Waals surface area contributed by atoms with Crippen LogP contribution < -0.4 is 16.4 Å². The highest BCUT2D eigenvalue weighted by Gasteiger charge is 2.13. The van der Waals surface area contributed by atoms with Gasteiger partial charge in [-0.2, -0.15) is 0 Å². The Balaban J connectivity index is 1.97. The maximum Gasteiger partial charge on any atom is 0.0398 e. The van der Waals surface area contributed by atoms with E-state index in [0.29, 0.717) is 6.04 Å². The average molecular weight is 177 g/mol. The molecule has 0 bridgehead atoms. The van der Waals surface area contributed by atoms with Gasteiger partial charge in [-0.05, 0) is 37.2 Å². The molecule has 4 N–H and O–H groups in total. The maximum atomic E-state index is 5.59. The lowest BCUT2D eigenvalue weighted by atomic mass is 10.2. The molecule has 1 aliphatic rings. The van der Waals surface area contributed by atoms with Crippen molar-refractivity contribution < 1.29 is 0 Å². The fourth-order valence-electron chi connectivity index (χ4n) is 1.59. The normalized spacial score (nSPS) is 21.7. The molecule has 2 rings (SSSR count). The third-order valence-corrected chi connectivity index (χ3v) is 2.34. The number of hydrogen-bond acceptors (Lipinski definition) is 3. The highest BCUT2D eigenvalue weighted by atomic mass is 15.0. The van der Waals surface area contributed by atoms with Crippen molar-refractivity contribution in [3.63, 3.8) is 0 Å². The first-order valence-electron chi connectivity index (χ1n) is 4.67. The number of nitrogens with two attached hydrogens (primary N) is 1. The molecule has 0 saturated carbocycles. The van der Waals surface area contributed by atoms with E-state index in [2.05, 4.69) is 10.6 Å². The van der Waals surface area contributed by atoms with Gasteiger partial charge in [0.2, 0.25) is 0 Å². The van der Waals surface area contributed by atoms with E-state index in [0.717, 1.165) is 24.5 Å². The second-order valence-electron chi connectivity index (χ2n) is 3.46. The largest absolute Gasteiger partial charge is 0.399 e. The Bertz CT molecular complexity index is 262. The molecule has 0 amide bonds. The van der Waals surface area contributed by atoms with Crippen molar-refractivity contribution in [3.05, 3.63) is 24.3 Å². The summed E-state index contributed by atoms with van der Waals surface area (Å²) < 4.78 is 0. The van der Waals surface area contributed by atoms with Crippen LogP contribution in [0.25, 0.3) is 0 Å². The van der Waals surface area contributed by atoms with Gasteiger partial charge in [0.25, 0.3) is 0 Å². The first-order valence-corrected chi connectivity index (χ1v) is 4.67. The van der Waals surface area contributed by atoms with Crippen LogP contribution >= 0.6 is 0 Å². The third kappa shape index (κ3) is 2.12. The van der Waals surface area contributed by atoms with Crippen LogP contribution in [0.15, 0.2) is 24.3 Å². The quantitative estimate of drug-likeness (QED) is 0.592. The number of hydrogen-bond donors (Lipinski definition) is 3. The van der Waals surface area contributed by atoms with Crippen molar-refractivity contribution in [2.24, 2.45) is 0 Å². The molecular formula is C10H15N3. The number of rotatable bonds is 2. The minimum Gasteiger partial charge on any atom is -0.399 e. The molecule has 0 aliphatic carbocycles. The molecule has 1 aliphatic heterocycles. The average Bonchev–Trinajstić information content (AvgIpc) is 2.62. The molecule has 1 heterocycles. The van der Waals surface area contributed by atoms with Crippen molar-refractivity contribution in [1.82, 2.24) is 5.32 Å². The van der Waals surface area contributed by atoms with E-state index in [-0.39, 0.29) is 0 Å². The predicted octanol–water partition coefficient (Wildman–Crippen LogP) is 1.04. The van der Waals surface area contributed by atoms with Crippen LogP contribution in [0.5, 0.6) is 0 Å². The molecular weight excluding hydrogens is 162 g/mol. The van der Waals surface area contributed by atoms with Gasteiger partial charge in [-0.25, -0.2) is 0 Å². The summed E-state index contributed by atoms with van der Waals surface area (Å²) >= 11 is 0. The molecule has 1 atom stereocenters. The van der Waals surface area contributed by atoms with Crippen LogP contribution in [-0.4, -0.2) is 19.1 Å². The van der Waals surface area contributed by atoms with Crippen LogP contribution in [0.3, 0.4) is 0 Å². The van der Waals surface area contributed by atoms with Gasteiger partial charge in [0.1, 0.15) is 0 Å². The van der Waals surface area contributed by atoms with Gasteiger partial charge in [-0.3, -0.25) is 0 Å². The molecule has 70 valence electrons. The number of benzene rings is 1. The highest BCUT2D eigenvalue weighted by molar-refractivity contribution is 5.51. The monoisotopic (exact) mass is 177 g/mol. The van der Waals surface area contributed by atoms with E-state index in [4.69, 9.17) is 5.73 Å². The van der Waals surface area contributed by atoms with Crippen LogP contribution in [-0.2, 0) is 0 Å². The van der Waals surface area contributed by atoms with Gasteiger partial charge in [-0.15, -0.1) is 0 Å². The fraction of sp³-hybridized carbons (Fsp3) is 0.400. The van der Waals surface area contributed by atoms with Crippen molar-refractivity contribution in [2.45, 2.75) is 12.5 Å². The summed E-state index contributed by atoms with van der Waals surface area (Å²) in [6, 6.07) is 8.46. The Morgan fingerprint density at radius 2 is 2.08 bits per heavy atom. The van der Waals surface area contributed by atoms with Crippen LogP contribution in [0, 0.1) is 0 Å². The Kier molecular flexibility index (Phi) is 2.36. The second kappa shape index (κ2) is 3.66. The molecule has 1 fully saturated rings. The predicted molar refractivity (Wildman–Crippen MR) is 55.8 cm³/mol. The number of nitrogen functional groups attached to an aromatic ring is 1. The van der Waals surface area contributed by atoms with E-state index in [9.17, 15) is 0 Å². The molecule has 1 aromatic carbocycles. The second-order valence-corrected chi connectivity index (χ2v) is 3.46. The lowest BCUT2D eigenvalue weighted by Gasteiger charge is -2.12. The van der Waals surface area contributed by atoms with Crippen LogP contribution in [0.4, 0.5) is 11.4 Å². The van der Waals surface area contributed by atoms with Crippen molar-refractivity contribution >= 4 is 11.4 Å². The summed E-state index contributed by atoms with van der Waals surface area (Å²) in [5.74, 6) is 0. The van der Waals surface area contributed by atoms with Gasteiger partial charge in [0.15, 0.2) is 0 Å². The van der Waals surface area contributed by atoms with E-state index in [1.165, 1.54) is 6.42 Å². The smallest absolute Gasteiger partial charge is 0.0398 e. The first-order chi connectivity index (χ1) is 6.34. The molecule has 1 aromatic rings. The van der Waals surface area contributed by atoms with Crippen LogP contribution in [0.1, 0.15) is 6.42 Å². The first kappa shape index (κ1) is 8.38. The summed E-state index contributed by atoms with van der Waals surface area (Å²) in [6.07, 6.45) is 1.20. The molecule has 3 heteroatoms. The molecule has 0 radical (unpaired) electrons. The summed E-state index contributed by atoms with van der Waals surface area (Å²) in [6.45, 7) is 2.18. The number of anilines is 2. The molecule has 1 saturated heterocycles. The lowest BCUT2D eigenvalue weighted by molar-refractivity contribution is 0.793. The topological polar surface area (TPSA) is 50.1 Å². The van der Waals surface area contributed by atoms with Crippen molar-refractivity contribution in [3.8, 4) is 0 Å². The number of nitrogens with one attached hydrogen (secondary N) is 2. The van der Waals surface area contributed by atoms with E-state index in [1.54, 1.807) is 0 Å². The van der Waals surface area contributed by atoms with Crippen molar-refractivity contribution in [2.75, 3.05) is 24.1 Å². The molecule has 13 heavy (non-hydrogen) atoms. The standard InChI is InChI=1S/C10H15N3/c11-8-1-3-9(4-2-8)13-10-5-6-12-7-10/h1-4,10,12-13H,5-7,11H2. The summed E-state index contributed by atoms with van der Waals surface area (Å²) in [5, 5.41) is 6.77. The Labute approximate surface area is 78.3 Å². The minimum atomic E-state index is 0.573. The Morgan fingerprint density at radius 3 is 2.69 bits per heavy atom. The minimum absolute atomic E-state index is 0.573. The van der Waals surface area contributed by atoms with E-state index >= 15 is 0 Å². The van der Waals surface area contributed by atoms with Crippen molar-refractivity contribution in [1.29, 1.82) is 0 Å². The molecule has 1 unspecified atom stereocenters. The third-order valence-electron chi connectivity index (χ3n) is 2.34. The molecule has 0 aromatic heterocycles. The van der Waals surface area contributed by atoms with E-state index in [1.807, 2.05) is 24.3 Å². The summed E-state index contributed by atoms with van der Waals surface area (Å²) in [4.78, 5) is 0. The lowest BCUT2D eigenvalue weighted by Crippen LogP contribution is -2.21. The van der Waals surface area contributed by atoms with Gasteiger partial charge in [0.05, 0.1) is 0 Å². The highest BCUT2D eigenvalue weighted by Crippen LogP contribution is 2.13. The Hall–Kier alpha value is -1.22. The molecule has 0 spiro atoms. The summed E-state index contributed by atoms with van der Waals surface area (Å²) in [7, 11) is 0. The molecule has 3 nitrogen and oxygen atoms in total. The van der Waals surface area contributed by atoms with Gasteiger partial charge >= 0.3 is 0 Å².